The summed E-state index contributed by atoms with van der Waals surface area (Å²) in [6, 6.07) is 4.36. The predicted octanol–water partition coefficient (Wildman–Crippen LogP) is 3.43. The molecule has 1 amide bonds. The third kappa shape index (κ3) is 3.93. The molecule has 0 fully saturated rings. The van der Waals surface area contributed by atoms with Crippen molar-refractivity contribution < 1.29 is 9.72 Å². The molecule has 0 spiro atoms. The molecule has 0 saturated carbocycles. The number of halogens is 1. The molecular weight excluding hydrogens is 280 g/mol. The van der Waals surface area contributed by atoms with Gasteiger partial charge in [-0.25, -0.2) is 0 Å². The molecule has 0 heterocycles. The van der Waals surface area contributed by atoms with Crippen molar-refractivity contribution in [1.29, 1.82) is 0 Å². The molecule has 1 unspecified atom stereocenters. The summed E-state index contributed by atoms with van der Waals surface area (Å²) in [4.78, 5) is 22.5. The smallest absolute Gasteiger partial charge is 0.272 e. The summed E-state index contributed by atoms with van der Waals surface area (Å²) in [5, 5.41) is 13.7. The highest BCUT2D eigenvalue weighted by atomic mass is 35.5. The minimum atomic E-state index is -0.458. The summed E-state index contributed by atoms with van der Waals surface area (Å²) in [6.07, 6.45) is 1.43. The van der Waals surface area contributed by atoms with Crippen LogP contribution in [0.5, 0.6) is 0 Å². The van der Waals surface area contributed by atoms with Crippen LogP contribution in [-0.2, 0) is 0 Å². The van der Waals surface area contributed by atoms with Crippen LogP contribution in [0.25, 0.3) is 0 Å². The Morgan fingerprint density at radius 1 is 1.50 bits per heavy atom. The van der Waals surface area contributed by atoms with Gasteiger partial charge in [-0.2, -0.15) is 0 Å². The Kier molecular flexibility index (Phi) is 5.51. The fourth-order valence-corrected chi connectivity index (χ4v) is 2.30. The topological polar surface area (TPSA) is 72.2 Å². The summed E-state index contributed by atoms with van der Waals surface area (Å²) < 4.78 is 0. The van der Waals surface area contributed by atoms with Gasteiger partial charge in [-0.05, 0) is 38.8 Å². The number of nitro benzene ring substituents is 1. The Balaban J connectivity index is 2.93. The van der Waals surface area contributed by atoms with Crippen molar-refractivity contribution >= 4 is 23.2 Å². The van der Waals surface area contributed by atoms with Crippen molar-refractivity contribution in [2.45, 2.75) is 39.2 Å². The lowest BCUT2D eigenvalue weighted by atomic mass is 9.94. The van der Waals surface area contributed by atoms with Crippen LogP contribution in [0.2, 0.25) is 0 Å². The van der Waals surface area contributed by atoms with Crippen molar-refractivity contribution in [3.63, 3.8) is 0 Å². The molecule has 1 aromatic rings. The number of amides is 1. The highest BCUT2D eigenvalue weighted by Crippen LogP contribution is 2.20. The second-order valence-corrected chi connectivity index (χ2v) is 5.44. The molecule has 0 aliphatic heterocycles. The first-order valence-electron chi connectivity index (χ1n) is 6.46. The number of hydrogen-bond donors (Lipinski definition) is 1. The maximum Gasteiger partial charge on any atom is 0.272 e. The van der Waals surface area contributed by atoms with Crippen molar-refractivity contribution in [2.75, 3.05) is 5.88 Å². The first-order chi connectivity index (χ1) is 9.33. The maximum atomic E-state index is 12.2. The van der Waals surface area contributed by atoms with Gasteiger partial charge in [-0.1, -0.05) is 6.92 Å². The maximum absolute atomic E-state index is 12.2. The van der Waals surface area contributed by atoms with Crippen LogP contribution < -0.4 is 5.32 Å². The molecule has 20 heavy (non-hydrogen) atoms. The quantitative estimate of drug-likeness (QED) is 0.497. The van der Waals surface area contributed by atoms with Crippen molar-refractivity contribution in [1.82, 2.24) is 5.32 Å². The number of nitro groups is 1. The zero-order valence-electron chi connectivity index (χ0n) is 11.9. The highest BCUT2D eigenvalue weighted by Gasteiger charge is 2.24. The molecule has 5 nitrogen and oxygen atoms in total. The van der Waals surface area contributed by atoms with Gasteiger partial charge in [-0.15, -0.1) is 11.6 Å². The summed E-state index contributed by atoms with van der Waals surface area (Å²) in [7, 11) is 0. The van der Waals surface area contributed by atoms with Crippen molar-refractivity contribution in [3.8, 4) is 0 Å². The second kappa shape index (κ2) is 6.70. The minimum absolute atomic E-state index is 0.0144. The fraction of sp³-hybridized carbons (Fsp3) is 0.500. The molecule has 0 aliphatic rings. The van der Waals surface area contributed by atoms with E-state index in [-0.39, 0.29) is 17.1 Å². The lowest BCUT2D eigenvalue weighted by molar-refractivity contribution is -0.385. The van der Waals surface area contributed by atoms with Crippen molar-refractivity contribution in [2.24, 2.45) is 0 Å². The van der Waals surface area contributed by atoms with Crippen LogP contribution in [0, 0.1) is 17.0 Å². The molecule has 110 valence electrons. The first-order valence-corrected chi connectivity index (χ1v) is 7.00. The molecule has 1 aromatic carbocycles. The normalized spacial score (nSPS) is 13.6. The second-order valence-electron chi connectivity index (χ2n) is 5.07. The summed E-state index contributed by atoms with van der Waals surface area (Å²) >= 11 is 5.75. The number of alkyl halides is 1. The molecule has 1 atom stereocenters. The van der Waals surface area contributed by atoms with E-state index in [0.29, 0.717) is 23.4 Å². The van der Waals surface area contributed by atoms with E-state index in [9.17, 15) is 14.9 Å². The van der Waals surface area contributed by atoms with Crippen LogP contribution in [0.1, 0.15) is 42.6 Å². The van der Waals surface area contributed by atoms with E-state index >= 15 is 0 Å². The Hall–Kier alpha value is -1.62. The number of carbonyl (C=O) groups is 1. The standard InChI is InChI=1S/C14H19ClN2O3/c1-4-14(3,7-8-15)16-13(18)11-5-6-12(17(19)20)10(2)9-11/h5-6,9H,4,7-8H2,1-3H3,(H,16,18). The predicted molar refractivity (Wildman–Crippen MR) is 79.3 cm³/mol. The van der Waals surface area contributed by atoms with Crippen LogP contribution in [0.15, 0.2) is 18.2 Å². The molecule has 0 aromatic heterocycles. The Bertz CT molecular complexity index is 519. The molecule has 0 aliphatic carbocycles. The third-order valence-corrected chi connectivity index (χ3v) is 3.69. The number of nitrogens with one attached hydrogen (secondary N) is 1. The van der Waals surface area contributed by atoms with E-state index in [4.69, 9.17) is 11.6 Å². The van der Waals surface area contributed by atoms with Crippen LogP contribution >= 0.6 is 11.6 Å². The monoisotopic (exact) mass is 298 g/mol. The number of rotatable bonds is 6. The minimum Gasteiger partial charge on any atom is -0.347 e. The zero-order chi connectivity index (χ0) is 15.3. The Labute approximate surface area is 123 Å². The van der Waals surface area contributed by atoms with E-state index in [1.165, 1.54) is 18.2 Å². The molecule has 0 bridgehead atoms. The highest BCUT2D eigenvalue weighted by molar-refractivity contribution is 6.17. The molecule has 1 rings (SSSR count). The summed E-state index contributed by atoms with van der Waals surface area (Å²) in [6.45, 7) is 5.53. The van der Waals surface area contributed by atoms with Gasteiger partial charge in [0, 0.05) is 28.6 Å². The van der Waals surface area contributed by atoms with E-state index in [2.05, 4.69) is 5.32 Å². The van der Waals surface area contributed by atoms with Crippen LogP contribution in [0.4, 0.5) is 5.69 Å². The van der Waals surface area contributed by atoms with Gasteiger partial charge in [0.05, 0.1) is 4.92 Å². The lowest BCUT2D eigenvalue weighted by Crippen LogP contribution is -2.45. The van der Waals surface area contributed by atoms with Gasteiger partial charge in [0.2, 0.25) is 0 Å². The molecule has 0 radical (unpaired) electrons. The molecule has 0 saturated heterocycles. The van der Waals surface area contributed by atoms with E-state index < -0.39 is 4.92 Å². The Morgan fingerprint density at radius 2 is 2.15 bits per heavy atom. The number of benzene rings is 1. The number of hydrogen-bond acceptors (Lipinski definition) is 3. The first kappa shape index (κ1) is 16.4. The van der Waals surface area contributed by atoms with Gasteiger partial charge >= 0.3 is 0 Å². The average molecular weight is 299 g/mol. The van der Waals surface area contributed by atoms with Crippen LogP contribution in [0.3, 0.4) is 0 Å². The van der Waals surface area contributed by atoms with E-state index in [1.54, 1.807) is 6.92 Å². The molecule has 1 N–H and O–H groups in total. The molecular formula is C14H19ClN2O3. The number of aryl methyl sites for hydroxylation is 1. The van der Waals surface area contributed by atoms with E-state index in [1.807, 2.05) is 13.8 Å². The van der Waals surface area contributed by atoms with Crippen LogP contribution in [-0.4, -0.2) is 22.2 Å². The number of carbonyl (C=O) groups excluding carboxylic acids is 1. The summed E-state index contributed by atoms with van der Waals surface area (Å²) in [5.41, 5.74) is 0.537. The zero-order valence-corrected chi connectivity index (χ0v) is 12.7. The van der Waals surface area contributed by atoms with Gasteiger partial charge in [0.1, 0.15) is 0 Å². The molecule has 6 heteroatoms. The van der Waals surface area contributed by atoms with E-state index in [0.717, 1.165) is 6.42 Å². The van der Waals surface area contributed by atoms with Gasteiger partial charge in [0.25, 0.3) is 11.6 Å². The van der Waals surface area contributed by atoms with Crippen molar-refractivity contribution in [3.05, 3.63) is 39.4 Å². The Morgan fingerprint density at radius 3 is 2.60 bits per heavy atom. The largest absolute Gasteiger partial charge is 0.347 e. The third-order valence-electron chi connectivity index (χ3n) is 3.50. The SMILES string of the molecule is CCC(C)(CCCl)NC(=O)c1ccc([N+](=O)[O-])c(C)c1. The van der Waals surface area contributed by atoms with Gasteiger partial charge in [-0.3, -0.25) is 14.9 Å². The van der Waals surface area contributed by atoms with Gasteiger partial charge < -0.3 is 5.32 Å². The number of nitrogens with zero attached hydrogens (tertiary/aromatic N) is 1. The summed E-state index contributed by atoms with van der Waals surface area (Å²) in [5.74, 6) is 0.224. The average Bonchev–Trinajstić information content (AvgIpc) is 2.38. The lowest BCUT2D eigenvalue weighted by Gasteiger charge is -2.29. The van der Waals surface area contributed by atoms with Gasteiger partial charge in [0.15, 0.2) is 0 Å². The fourth-order valence-electron chi connectivity index (χ4n) is 1.88.